The average Bonchev–Trinajstić information content (AvgIpc) is 2.79. The number of carboxylic acids is 1. The molecule has 19 heavy (non-hydrogen) atoms. The van der Waals surface area contributed by atoms with Crippen molar-refractivity contribution in [3.63, 3.8) is 0 Å². The summed E-state index contributed by atoms with van der Waals surface area (Å²) in [6.07, 6.45) is 4.31. The minimum Gasteiger partial charge on any atom is -0.481 e. The molecule has 3 rings (SSSR count). The molecule has 2 N–H and O–H groups in total. The predicted molar refractivity (Wildman–Crippen MR) is 71.9 cm³/mol. The fourth-order valence-corrected chi connectivity index (χ4v) is 3.97. The summed E-state index contributed by atoms with van der Waals surface area (Å²) in [6.45, 7) is 0. The van der Waals surface area contributed by atoms with Crippen molar-refractivity contribution in [2.75, 3.05) is 0 Å². The monoisotopic (exact) mass is 260 g/mol. The highest BCUT2D eigenvalue weighted by molar-refractivity contribution is 5.77. The SMILES string of the molecule is O=C(O)C1(C2CCCCC2O)Cc2ccccc2C1. The summed E-state index contributed by atoms with van der Waals surface area (Å²) in [7, 11) is 0. The molecule has 2 aliphatic carbocycles. The molecule has 0 spiro atoms. The summed E-state index contributed by atoms with van der Waals surface area (Å²) in [5, 5.41) is 20.1. The van der Waals surface area contributed by atoms with E-state index in [0.717, 1.165) is 36.8 Å². The van der Waals surface area contributed by atoms with E-state index in [2.05, 4.69) is 0 Å². The summed E-state index contributed by atoms with van der Waals surface area (Å²) < 4.78 is 0. The Morgan fingerprint density at radius 3 is 2.21 bits per heavy atom. The first-order valence-electron chi connectivity index (χ1n) is 7.12. The van der Waals surface area contributed by atoms with Gasteiger partial charge in [0, 0.05) is 5.92 Å². The lowest BCUT2D eigenvalue weighted by Crippen LogP contribution is -2.46. The molecule has 0 amide bonds. The molecule has 3 heteroatoms. The summed E-state index contributed by atoms with van der Waals surface area (Å²) in [5.41, 5.74) is 1.49. The second-order valence-electron chi connectivity index (χ2n) is 6.04. The molecule has 3 nitrogen and oxygen atoms in total. The van der Waals surface area contributed by atoms with Crippen LogP contribution in [0.3, 0.4) is 0 Å². The third-order valence-corrected chi connectivity index (χ3v) is 5.00. The molecule has 0 aromatic heterocycles. The van der Waals surface area contributed by atoms with E-state index in [1.807, 2.05) is 24.3 Å². The highest BCUT2D eigenvalue weighted by Crippen LogP contribution is 2.48. The van der Waals surface area contributed by atoms with E-state index in [1.54, 1.807) is 0 Å². The van der Waals surface area contributed by atoms with Gasteiger partial charge in [-0.3, -0.25) is 4.79 Å². The maximum atomic E-state index is 11.9. The van der Waals surface area contributed by atoms with Crippen molar-refractivity contribution in [2.24, 2.45) is 11.3 Å². The van der Waals surface area contributed by atoms with Gasteiger partial charge in [0.1, 0.15) is 0 Å². The van der Waals surface area contributed by atoms with Crippen molar-refractivity contribution in [1.82, 2.24) is 0 Å². The molecule has 1 saturated carbocycles. The standard InChI is InChI=1S/C16H20O3/c17-14-8-4-3-7-13(14)16(15(18)19)9-11-5-1-2-6-12(11)10-16/h1-2,5-6,13-14,17H,3-4,7-10H2,(H,18,19). The van der Waals surface area contributed by atoms with E-state index in [1.165, 1.54) is 0 Å². The number of aliphatic hydroxyl groups excluding tert-OH is 1. The molecule has 2 atom stereocenters. The van der Waals surface area contributed by atoms with Crippen molar-refractivity contribution in [2.45, 2.75) is 44.6 Å². The van der Waals surface area contributed by atoms with E-state index in [4.69, 9.17) is 0 Å². The normalized spacial score (nSPS) is 28.9. The van der Waals surface area contributed by atoms with Crippen LogP contribution in [0, 0.1) is 11.3 Å². The van der Waals surface area contributed by atoms with Gasteiger partial charge in [0.25, 0.3) is 0 Å². The van der Waals surface area contributed by atoms with Crippen molar-refractivity contribution >= 4 is 5.97 Å². The van der Waals surface area contributed by atoms with Crippen LogP contribution in [0.4, 0.5) is 0 Å². The molecule has 0 radical (unpaired) electrons. The Balaban J connectivity index is 1.96. The maximum absolute atomic E-state index is 11.9. The van der Waals surface area contributed by atoms with E-state index in [0.29, 0.717) is 12.8 Å². The number of aliphatic hydroxyl groups is 1. The van der Waals surface area contributed by atoms with Gasteiger partial charge in [-0.05, 0) is 36.8 Å². The largest absolute Gasteiger partial charge is 0.481 e. The molecule has 0 bridgehead atoms. The first-order chi connectivity index (χ1) is 9.13. The quantitative estimate of drug-likeness (QED) is 0.858. The van der Waals surface area contributed by atoms with Crippen molar-refractivity contribution < 1.29 is 15.0 Å². The minimum atomic E-state index is -0.788. The number of aliphatic carboxylic acids is 1. The molecule has 1 fully saturated rings. The molecule has 2 unspecified atom stereocenters. The minimum absolute atomic E-state index is 0.105. The van der Waals surface area contributed by atoms with Gasteiger partial charge in [0.2, 0.25) is 0 Å². The van der Waals surface area contributed by atoms with Gasteiger partial charge in [-0.1, -0.05) is 37.1 Å². The van der Waals surface area contributed by atoms with Gasteiger partial charge in [-0.2, -0.15) is 0 Å². The number of rotatable bonds is 2. The van der Waals surface area contributed by atoms with Crippen LogP contribution >= 0.6 is 0 Å². The Kier molecular flexibility index (Phi) is 3.09. The van der Waals surface area contributed by atoms with Crippen LogP contribution in [-0.2, 0) is 17.6 Å². The number of hydrogen-bond acceptors (Lipinski definition) is 2. The number of carboxylic acid groups (broad SMARTS) is 1. The van der Waals surface area contributed by atoms with Crippen LogP contribution in [0.25, 0.3) is 0 Å². The first kappa shape index (κ1) is 12.7. The van der Waals surface area contributed by atoms with Crippen molar-refractivity contribution in [3.8, 4) is 0 Å². The summed E-state index contributed by atoms with van der Waals surface area (Å²) >= 11 is 0. The van der Waals surface area contributed by atoms with Crippen LogP contribution < -0.4 is 0 Å². The molecule has 0 heterocycles. The molecule has 2 aliphatic rings. The summed E-state index contributed by atoms with van der Waals surface area (Å²) in [4.78, 5) is 11.9. The average molecular weight is 260 g/mol. The van der Waals surface area contributed by atoms with Crippen molar-refractivity contribution in [3.05, 3.63) is 35.4 Å². The molecule has 0 aliphatic heterocycles. The van der Waals surface area contributed by atoms with Crippen molar-refractivity contribution in [1.29, 1.82) is 0 Å². The highest BCUT2D eigenvalue weighted by atomic mass is 16.4. The van der Waals surface area contributed by atoms with E-state index in [-0.39, 0.29) is 5.92 Å². The third-order valence-electron chi connectivity index (χ3n) is 5.00. The number of carbonyl (C=O) groups is 1. The Morgan fingerprint density at radius 2 is 1.68 bits per heavy atom. The Hall–Kier alpha value is -1.35. The van der Waals surface area contributed by atoms with Gasteiger partial charge >= 0.3 is 5.97 Å². The maximum Gasteiger partial charge on any atom is 0.310 e. The zero-order chi connectivity index (χ0) is 13.5. The van der Waals surface area contributed by atoms with Crippen LogP contribution in [0.1, 0.15) is 36.8 Å². The highest BCUT2D eigenvalue weighted by Gasteiger charge is 2.52. The molecular formula is C16H20O3. The van der Waals surface area contributed by atoms with Crippen LogP contribution in [0.2, 0.25) is 0 Å². The zero-order valence-electron chi connectivity index (χ0n) is 11.0. The van der Waals surface area contributed by atoms with E-state index < -0.39 is 17.5 Å². The fraction of sp³-hybridized carbons (Fsp3) is 0.562. The third kappa shape index (κ3) is 1.96. The first-order valence-corrected chi connectivity index (χ1v) is 7.12. The molecule has 1 aromatic carbocycles. The van der Waals surface area contributed by atoms with Gasteiger partial charge in [0.15, 0.2) is 0 Å². The lowest BCUT2D eigenvalue weighted by molar-refractivity contribution is -0.157. The van der Waals surface area contributed by atoms with Gasteiger partial charge < -0.3 is 10.2 Å². The summed E-state index contributed by atoms with van der Waals surface area (Å²) in [5.74, 6) is -0.846. The van der Waals surface area contributed by atoms with Gasteiger partial charge in [0.05, 0.1) is 11.5 Å². The number of hydrogen-bond donors (Lipinski definition) is 2. The van der Waals surface area contributed by atoms with E-state index >= 15 is 0 Å². The second kappa shape index (κ2) is 4.64. The lowest BCUT2D eigenvalue weighted by Gasteiger charge is -2.39. The molecule has 1 aromatic rings. The molecule has 102 valence electrons. The van der Waals surface area contributed by atoms with Gasteiger partial charge in [-0.15, -0.1) is 0 Å². The Bertz CT molecular complexity index is 470. The number of benzene rings is 1. The molecular weight excluding hydrogens is 240 g/mol. The van der Waals surface area contributed by atoms with Gasteiger partial charge in [-0.25, -0.2) is 0 Å². The smallest absolute Gasteiger partial charge is 0.310 e. The molecule has 0 saturated heterocycles. The summed E-state index contributed by atoms with van der Waals surface area (Å²) in [6, 6.07) is 7.98. The number of fused-ring (bicyclic) bond motifs is 1. The fourth-order valence-electron chi connectivity index (χ4n) is 3.97. The van der Waals surface area contributed by atoms with Crippen LogP contribution in [0.15, 0.2) is 24.3 Å². The second-order valence-corrected chi connectivity index (χ2v) is 6.04. The lowest BCUT2D eigenvalue weighted by atomic mass is 9.65. The Morgan fingerprint density at radius 1 is 1.11 bits per heavy atom. The van der Waals surface area contributed by atoms with E-state index in [9.17, 15) is 15.0 Å². The topological polar surface area (TPSA) is 57.5 Å². The Labute approximate surface area is 113 Å². The van der Waals surface area contributed by atoms with Crippen LogP contribution in [-0.4, -0.2) is 22.3 Å². The zero-order valence-corrected chi connectivity index (χ0v) is 11.0. The van der Waals surface area contributed by atoms with Crippen LogP contribution in [0.5, 0.6) is 0 Å². The predicted octanol–water partition coefficient (Wildman–Crippen LogP) is 2.41.